The molecular formula is C15H17N5O3S. The average Bonchev–Trinajstić information content (AvgIpc) is 2.81. The molecule has 9 heteroatoms. The number of nitrogens with one attached hydrogen (secondary N) is 1. The van der Waals surface area contributed by atoms with E-state index in [2.05, 4.69) is 15.5 Å². The van der Waals surface area contributed by atoms with Gasteiger partial charge in [0.2, 0.25) is 0 Å². The highest BCUT2D eigenvalue weighted by molar-refractivity contribution is 7.99. The molecule has 1 aromatic carbocycles. The molecule has 2 aromatic rings. The summed E-state index contributed by atoms with van der Waals surface area (Å²) in [7, 11) is 1.49. The monoisotopic (exact) mass is 347 g/mol. The molecule has 8 nitrogen and oxygen atoms in total. The Kier molecular flexibility index (Phi) is 4.79. The van der Waals surface area contributed by atoms with E-state index in [9.17, 15) is 14.9 Å². The standard InChI is InChI=1S/C15H17N5O3S/c1-16-14(21)10-6-7-12(11(9-10)20(22)23)24-15-18-17-13-5-3-2-4-8-19(13)15/h6-7,9H,2-5,8H2,1H3,(H,16,21). The molecule has 0 saturated carbocycles. The highest BCUT2D eigenvalue weighted by Crippen LogP contribution is 2.35. The number of rotatable bonds is 4. The molecule has 3 rings (SSSR count). The van der Waals surface area contributed by atoms with Crippen LogP contribution in [0.1, 0.15) is 35.4 Å². The fourth-order valence-corrected chi connectivity index (χ4v) is 3.62. The van der Waals surface area contributed by atoms with E-state index >= 15 is 0 Å². The molecule has 0 saturated heterocycles. The van der Waals surface area contributed by atoms with Crippen LogP contribution in [0.25, 0.3) is 0 Å². The Morgan fingerprint density at radius 1 is 1.33 bits per heavy atom. The lowest BCUT2D eigenvalue weighted by Gasteiger charge is -2.07. The summed E-state index contributed by atoms with van der Waals surface area (Å²) < 4.78 is 2.04. The Morgan fingerprint density at radius 2 is 2.17 bits per heavy atom. The van der Waals surface area contributed by atoms with Gasteiger partial charge in [-0.15, -0.1) is 10.2 Å². The largest absolute Gasteiger partial charge is 0.355 e. The molecule has 1 N–H and O–H groups in total. The number of benzene rings is 1. The van der Waals surface area contributed by atoms with Crippen LogP contribution >= 0.6 is 11.8 Å². The highest BCUT2D eigenvalue weighted by atomic mass is 32.2. The van der Waals surface area contributed by atoms with Crippen LogP contribution in [0.2, 0.25) is 0 Å². The predicted octanol–water partition coefficient (Wildman–Crippen LogP) is 2.42. The van der Waals surface area contributed by atoms with Gasteiger partial charge in [-0.1, -0.05) is 6.42 Å². The summed E-state index contributed by atoms with van der Waals surface area (Å²) in [6.07, 6.45) is 4.17. The lowest BCUT2D eigenvalue weighted by molar-refractivity contribution is -0.387. The van der Waals surface area contributed by atoms with Gasteiger partial charge in [0.15, 0.2) is 5.16 Å². The van der Waals surface area contributed by atoms with Gasteiger partial charge < -0.3 is 9.88 Å². The minimum atomic E-state index is -0.478. The first-order valence-corrected chi connectivity index (χ1v) is 8.52. The summed E-state index contributed by atoms with van der Waals surface area (Å²) in [5, 5.41) is 22.9. The molecule has 1 aliphatic rings. The molecule has 24 heavy (non-hydrogen) atoms. The zero-order valence-electron chi connectivity index (χ0n) is 13.2. The van der Waals surface area contributed by atoms with Crippen molar-refractivity contribution in [2.75, 3.05) is 7.05 Å². The number of hydrogen-bond acceptors (Lipinski definition) is 6. The highest BCUT2D eigenvalue weighted by Gasteiger charge is 2.22. The van der Waals surface area contributed by atoms with Crippen LogP contribution in [0.4, 0.5) is 5.69 Å². The van der Waals surface area contributed by atoms with Gasteiger partial charge in [0.1, 0.15) is 5.82 Å². The fourth-order valence-electron chi connectivity index (χ4n) is 2.66. The molecular weight excluding hydrogens is 330 g/mol. The zero-order chi connectivity index (χ0) is 17.1. The second-order valence-electron chi connectivity index (χ2n) is 5.48. The van der Waals surface area contributed by atoms with Crippen molar-refractivity contribution in [2.45, 2.75) is 42.3 Å². The number of hydrogen-bond donors (Lipinski definition) is 1. The van der Waals surface area contributed by atoms with E-state index in [-0.39, 0.29) is 17.2 Å². The summed E-state index contributed by atoms with van der Waals surface area (Å²) >= 11 is 1.22. The minimum Gasteiger partial charge on any atom is -0.355 e. The topological polar surface area (TPSA) is 103 Å². The van der Waals surface area contributed by atoms with Gasteiger partial charge in [0.05, 0.1) is 9.82 Å². The van der Waals surface area contributed by atoms with Gasteiger partial charge in [-0.3, -0.25) is 14.9 Å². The summed E-state index contributed by atoms with van der Waals surface area (Å²) in [6, 6.07) is 4.46. The van der Waals surface area contributed by atoms with E-state index in [1.54, 1.807) is 12.1 Å². The second-order valence-corrected chi connectivity index (χ2v) is 6.49. The smallest absolute Gasteiger partial charge is 0.284 e. The number of nitro benzene ring substituents is 1. The van der Waals surface area contributed by atoms with Crippen LogP contribution in [-0.2, 0) is 13.0 Å². The molecule has 0 radical (unpaired) electrons. The van der Waals surface area contributed by atoms with Crippen LogP contribution in [0.15, 0.2) is 28.3 Å². The van der Waals surface area contributed by atoms with Crippen molar-refractivity contribution in [3.05, 3.63) is 39.7 Å². The van der Waals surface area contributed by atoms with Crippen molar-refractivity contribution < 1.29 is 9.72 Å². The Balaban J connectivity index is 1.94. The number of amides is 1. The molecule has 0 unspecified atom stereocenters. The van der Waals surface area contributed by atoms with Crippen molar-refractivity contribution in [1.29, 1.82) is 0 Å². The van der Waals surface area contributed by atoms with Gasteiger partial charge in [-0.2, -0.15) is 0 Å². The molecule has 0 aliphatic carbocycles. The summed E-state index contributed by atoms with van der Waals surface area (Å²) in [4.78, 5) is 23.0. The quantitative estimate of drug-likeness (QED) is 0.673. The zero-order valence-corrected chi connectivity index (χ0v) is 14.0. The van der Waals surface area contributed by atoms with Gasteiger partial charge in [-0.05, 0) is 36.7 Å². The molecule has 0 fully saturated rings. The third kappa shape index (κ3) is 3.25. The third-order valence-electron chi connectivity index (χ3n) is 3.92. The average molecular weight is 347 g/mol. The van der Waals surface area contributed by atoms with Gasteiger partial charge in [0.25, 0.3) is 11.6 Å². The van der Waals surface area contributed by atoms with Gasteiger partial charge in [-0.25, -0.2) is 0 Å². The number of nitrogens with zero attached hydrogens (tertiary/aromatic N) is 4. The van der Waals surface area contributed by atoms with E-state index in [1.165, 1.54) is 24.9 Å². The van der Waals surface area contributed by atoms with Gasteiger partial charge >= 0.3 is 0 Å². The first kappa shape index (κ1) is 16.4. The van der Waals surface area contributed by atoms with Crippen molar-refractivity contribution in [1.82, 2.24) is 20.1 Å². The molecule has 1 aromatic heterocycles. The van der Waals surface area contributed by atoms with Crippen LogP contribution in [0.5, 0.6) is 0 Å². The molecule has 1 aliphatic heterocycles. The fraction of sp³-hybridized carbons (Fsp3) is 0.400. The number of aromatic nitrogens is 3. The lowest BCUT2D eigenvalue weighted by Crippen LogP contribution is -2.17. The first-order chi connectivity index (χ1) is 11.6. The van der Waals surface area contributed by atoms with Crippen LogP contribution in [-0.4, -0.2) is 32.6 Å². The van der Waals surface area contributed by atoms with E-state index in [4.69, 9.17) is 0 Å². The number of carbonyl (C=O) groups excluding carboxylic acids is 1. The maximum atomic E-state index is 11.7. The number of aryl methyl sites for hydroxylation is 1. The lowest BCUT2D eigenvalue weighted by atomic mass is 10.2. The van der Waals surface area contributed by atoms with Crippen LogP contribution in [0, 0.1) is 10.1 Å². The van der Waals surface area contributed by atoms with Crippen LogP contribution < -0.4 is 5.32 Å². The van der Waals surface area contributed by atoms with Gasteiger partial charge in [0, 0.05) is 31.6 Å². The SMILES string of the molecule is CNC(=O)c1ccc(Sc2nnc3n2CCCCC3)c([N+](=O)[O-])c1. The van der Waals surface area contributed by atoms with Crippen molar-refractivity contribution in [2.24, 2.45) is 0 Å². The minimum absolute atomic E-state index is 0.105. The number of nitro groups is 1. The van der Waals surface area contributed by atoms with Crippen molar-refractivity contribution in [3.8, 4) is 0 Å². The van der Waals surface area contributed by atoms with E-state index < -0.39 is 4.92 Å². The van der Waals surface area contributed by atoms with Crippen LogP contribution in [0.3, 0.4) is 0 Å². The molecule has 126 valence electrons. The van der Waals surface area contributed by atoms with E-state index in [0.717, 1.165) is 38.1 Å². The van der Waals surface area contributed by atoms with Crippen molar-refractivity contribution in [3.63, 3.8) is 0 Å². The second kappa shape index (κ2) is 7.00. The Labute approximate surface area is 142 Å². The number of fused-ring (bicyclic) bond motifs is 1. The first-order valence-electron chi connectivity index (χ1n) is 7.70. The summed E-state index contributed by atoms with van der Waals surface area (Å²) in [6.45, 7) is 0.828. The summed E-state index contributed by atoms with van der Waals surface area (Å²) in [5.41, 5.74) is 0.153. The Morgan fingerprint density at radius 3 is 2.92 bits per heavy atom. The normalized spacial score (nSPS) is 13.9. The molecule has 0 bridgehead atoms. The van der Waals surface area contributed by atoms with Crippen molar-refractivity contribution >= 4 is 23.4 Å². The molecule has 0 atom stereocenters. The predicted molar refractivity (Wildman–Crippen MR) is 88.2 cm³/mol. The Hall–Kier alpha value is -2.42. The molecule has 1 amide bonds. The Bertz CT molecular complexity index is 789. The summed E-state index contributed by atoms with van der Waals surface area (Å²) in [5.74, 6) is 0.575. The third-order valence-corrected chi connectivity index (χ3v) is 4.97. The maximum Gasteiger partial charge on any atom is 0.284 e. The number of carbonyl (C=O) groups is 1. The molecule has 2 heterocycles. The van der Waals surface area contributed by atoms with E-state index in [0.29, 0.717) is 10.1 Å². The molecule has 0 spiro atoms. The maximum absolute atomic E-state index is 11.7. The van der Waals surface area contributed by atoms with E-state index in [1.807, 2.05) is 4.57 Å².